The minimum atomic E-state index is -4.64. The van der Waals surface area contributed by atoms with Gasteiger partial charge in [0.1, 0.15) is 17.3 Å². The van der Waals surface area contributed by atoms with Crippen LogP contribution >= 0.6 is 11.3 Å². The number of hydrogen-bond donors (Lipinski definition) is 2. The van der Waals surface area contributed by atoms with Crippen LogP contribution in [0.25, 0.3) is 11.3 Å². The summed E-state index contributed by atoms with van der Waals surface area (Å²) in [5, 5.41) is 12.2. The average molecular weight is 649 g/mol. The van der Waals surface area contributed by atoms with E-state index in [9.17, 15) is 27.9 Å². The molecule has 5 rings (SSSR count). The fourth-order valence-corrected chi connectivity index (χ4v) is 6.77. The number of nitrogens with zero attached hydrogens (tertiary/aromatic N) is 5. The van der Waals surface area contributed by atoms with Crippen molar-refractivity contribution in [2.45, 2.75) is 50.9 Å². The number of piperidine rings is 2. The van der Waals surface area contributed by atoms with Crippen molar-refractivity contribution in [3.8, 4) is 17.0 Å². The minimum absolute atomic E-state index is 0.0393. The molecule has 0 aliphatic carbocycles. The quantitative estimate of drug-likeness (QED) is 0.303. The summed E-state index contributed by atoms with van der Waals surface area (Å²) in [4.78, 5) is 42.5. The molecule has 2 N–H and O–H groups in total. The van der Waals surface area contributed by atoms with Gasteiger partial charge < -0.3 is 19.5 Å². The monoisotopic (exact) mass is 648 g/mol. The van der Waals surface area contributed by atoms with Crippen molar-refractivity contribution in [1.82, 2.24) is 19.9 Å². The van der Waals surface area contributed by atoms with Crippen LogP contribution in [-0.2, 0) is 22.3 Å². The number of aliphatic carboxylic acids is 1. The molecule has 0 spiro atoms. The van der Waals surface area contributed by atoms with Crippen molar-refractivity contribution in [2.75, 3.05) is 50.7 Å². The number of amides is 1. The minimum Gasteiger partial charge on any atom is -0.496 e. The molecule has 1 aromatic carbocycles. The first-order valence-electron chi connectivity index (χ1n) is 14.7. The van der Waals surface area contributed by atoms with E-state index >= 15 is 0 Å². The molecule has 1 unspecified atom stereocenters. The van der Waals surface area contributed by atoms with Crippen LogP contribution in [0.1, 0.15) is 53.0 Å². The fraction of sp³-hybridized carbons (Fsp3) is 0.500. The molecule has 1 atom stereocenters. The third-order valence-electron chi connectivity index (χ3n) is 8.19. The first-order valence-corrected chi connectivity index (χ1v) is 15.5. The Morgan fingerprint density at radius 3 is 2.51 bits per heavy atom. The lowest BCUT2D eigenvalue weighted by Gasteiger charge is -2.35. The number of ether oxygens (including phenoxy) is 2. The number of alkyl halides is 3. The smallest absolute Gasteiger partial charge is 0.419 e. The topological polar surface area (TPSA) is 130 Å². The molecule has 0 saturated carbocycles. The Kier molecular flexibility index (Phi) is 10.2. The molecular formula is C30H35F3N6O5S. The predicted octanol–water partition coefficient (Wildman–Crippen LogP) is 5.18. The molecule has 2 aromatic heterocycles. The van der Waals surface area contributed by atoms with E-state index in [0.29, 0.717) is 55.5 Å². The summed E-state index contributed by atoms with van der Waals surface area (Å²) in [6, 6.07) is 3.98. The van der Waals surface area contributed by atoms with Crippen molar-refractivity contribution >= 4 is 34.2 Å². The summed E-state index contributed by atoms with van der Waals surface area (Å²) >= 11 is 1.20. The van der Waals surface area contributed by atoms with Gasteiger partial charge in [-0.1, -0.05) is 17.8 Å². The summed E-state index contributed by atoms with van der Waals surface area (Å²) in [5.41, 5.74) is -0.273. The Morgan fingerprint density at radius 1 is 1.09 bits per heavy atom. The summed E-state index contributed by atoms with van der Waals surface area (Å²) < 4.78 is 52.0. The van der Waals surface area contributed by atoms with Crippen LogP contribution in [-0.4, -0.2) is 83.3 Å². The molecule has 1 amide bonds. The van der Waals surface area contributed by atoms with Gasteiger partial charge >= 0.3 is 12.1 Å². The molecule has 0 radical (unpaired) electrons. The van der Waals surface area contributed by atoms with Gasteiger partial charge in [0.2, 0.25) is 0 Å². The number of aromatic nitrogens is 3. The maximum absolute atomic E-state index is 13.9. The number of nitrogens with one attached hydrogen (secondary N) is 1. The zero-order valence-corrected chi connectivity index (χ0v) is 25.8. The maximum atomic E-state index is 13.9. The second-order valence-electron chi connectivity index (χ2n) is 11.1. The zero-order valence-electron chi connectivity index (χ0n) is 25.0. The SMILES string of the molecule is COCC1CCCCN1Cc1sc(NC(=O)c2cnc(N3CCC(C(=O)O)CC3)cn2)nc1-c1ccc(OC)c(C(F)(F)F)c1. The van der Waals surface area contributed by atoms with Crippen LogP contribution in [0.5, 0.6) is 5.75 Å². The molecule has 0 bridgehead atoms. The van der Waals surface area contributed by atoms with Gasteiger partial charge in [-0.15, -0.1) is 0 Å². The average Bonchev–Trinajstić information content (AvgIpc) is 3.43. The number of carbonyl (C=O) groups is 2. The Morgan fingerprint density at radius 2 is 1.87 bits per heavy atom. The third kappa shape index (κ3) is 7.71. The van der Waals surface area contributed by atoms with Gasteiger partial charge in [0.25, 0.3) is 5.91 Å². The van der Waals surface area contributed by atoms with Crippen molar-refractivity contribution in [2.24, 2.45) is 5.92 Å². The van der Waals surface area contributed by atoms with Gasteiger partial charge in [0.15, 0.2) is 5.13 Å². The van der Waals surface area contributed by atoms with Crippen LogP contribution < -0.4 is 15.0 Å². The number of rotatable bonds is 10. The summed E-state index contributed by atoms with van der Waals surface area (Å²) in [6.45, 7) is 2.80. The molecule has 15 heteroatoms. The lowest BCUT2D eigenvalue weighted by Crippen LogP contribution is -2.41. The number of carbonyl (C=O) groups excluding carboxylic acids is 1. The number of benzene rings is 1. The molecule has 2 saturated heterocycles. The van der Waals surface area contributed by atoms with Crippen LogP contribution in [0.2, 0.25) is 0 Å². The first-order chi connectivity index (χ1) is 21.6. The lowest BCUT2D eigenvalue weighted by atomic mass is 9.97. The Hall–Kier alpha value is -3.82. The van der Waals surface area contributed by atoms with E-state index in [4.69, 9.17) is 9.47 Å². The van der Waals surface area contributed by atoms with E-state index in [0.717, 1.165) is 31.9 Å². The van der Waals surface area contributed by atoms with E-state index in [-0.39, 0.29) is 34.1 Å². The van der Waals surface area contributed by atoms with Gasteiger partial charge in [-0.3, -0.25) is 19.8 Å². The predicted molar refractivity (Wildman–Crippen MR) is 162 cm³/mol. The molecule has 11 nitrogen and oxygen atoms in total. The number of hydrogen-bond acceptors (Lipinski definition) is 10. The van der Waals surface area contributed by atoms with Crippen LogP contribution in [0.3, 0.4) is 0 Å². The Labute approximate surface area is 262 Å². The molecule has 2 aliphatic rings. The number of carboxylic acids is 1. The van der Waals surface area contributed by atoms with Gasteiger partial charge in [0, 0.05) is 43.2 Å². The van der Waals surface area contributed by atoms with E-state index < -0.39 is 23.6 Å². The van der Waals surface area contributed by atoms with Crippen molar-refractivity contribution in [3.05, 3.63) is 46.7 Å². The van der Waals surface area contributed by atoms with E-state index in [1.807, 2.05) is 4.90 Å². The zero-order chi connectivity index (χ0) is 32.1. The lowest BCUT2D eigenvalue weighted by molar-refractivity contribution is -0.142. The highest BCUT2D eigenvalue weighted by atomic mass is 32.1. The largest absolute Gasteiger partial charge is 0.496 e. The fourth-order valence-electron chi connectivity index (χ4n) is 5.77. The normalized spacial score (nSPS) is 18.2. The number of halogens is 3. The number of likely N-dealkylation sites (tertiary alicyclic amines) is 1. The molecule has 3 aromatic rings. The summed E-state index contributed by atoms with van der Waals surface area (Å²) in [5.74, 6) is -1.50. The first kappa shape index (κ1) is 32.6. The van der Waals surface area contributed by atoms with E-state index in [2.05, 4.69) is 25.2 Å². The van der Waals surface area contributed by atoms with Crippen molar-refractivity contribution in [3.63, 3.8) is 0 Å². The number of methoxy groups -OCH3 is 2. The molecule has 45 heavy (non-hydrogen) atoms. The number of thiazole rings is 1. The van der Waals surface area contributed by atoms with Gasteiger partial charge in [-0.25, -0.2) is 15.0 Å². The number of anilines is 2. The van der Waals surface area contributed by atoms with Crippen LogP contribution in [0, 0.1) is 5.92 Å². The van der Waals surface area contributed by atoms with Crippen LogP contribution in [0.4, 0.5) is 24.1 Å². The highest BCUT2D eigenvalue weighted by Crippen LogP contribution is 2.41. The van der Waals surface area contributed by atoms with E-state index in [1.165, 1.54) is 43.0 Å². The highest BCUT2D eigenvalue weighted by Gasteiger charge is 2.35. The van der Waals surface area contributed by atoms with Gasteiger partial charge in [0.05, 0.1) is 43.3 Å². The third-order valence-corrected chi connectivity index (χ3v) is 9.15. The Balaban J connectivity index is 1.39. The second-order valence-corrected chi connectivity index (χ2v) is 12.2. The van der Waals surface area contributed by atoms with Crippen molar-refractivity contribution < 1.29 is 37.3 Å². The highest BCUT2D eigenvalue weighted by molar-refractivity contribution is 7.16. The number of carboxylic acid groups (broad SMARTS) is 1. The molecule has 4 heterocycles. The standard InChI is InChI=1S/C30H35F3N6O5S/c1-43-17-20-5-3-4-10-39(20)16-24-26(19-6-7-23(44-2)21(13-19)30(31,32)33)36-29(45-24)37-27(40)22-14-35-25(15-34-22)38-11-8-18(9-12-38)28(41)42/h6-7,13-15,18,20H,3-5,8-12,16-17H2,1-2H3,(H,41,42)(H,36,37,40). The summed E-state index contributed by atoms with van der Waals surface area (Å²) in [6.07, 6.45) is 2.16. The van der Waals surface area contributed by atoms with Crippen LogP contribution in [0.15, 0.2) is 30.6 Å². The van der Waals surface area contributed by atoms with Gasteiger partial charge in [-0.2, -0.15) is 13.2 Å². The molecule has 2 fully saturated rings. The van der Waals surface area contributed by atoms with E-state index in [1.54, 1.807) is 7.11 Å². The summed E-state index contributed by atoms with van der Waals surface area (Å²) in [7, 11) is 2.83. The maximum Gasteiger partial charge on any atom is 0.419 e. The molecular weight excluding hydrogens is 613 g/mol. The molecule has 2 aliphatic heterocycles. The van der Waals surface area contributed by atoms with Crippen molar-refractivity contribution in [1.29, 1.82) is 0 Å². The Bertz CT molecular complexity index is 1490. The second kappa shape index (κ2) is 14.1. The van der Waals surface area contributed by atoms with Gasteiger partial charge in [-0.05, 0) is 50.4 Å². The molecule has 242 valence electrons.